The van der Waals surface area contributed by atoms with Crippen LogP contribution in [0.4, 0.5) is 10.5 Å². The number of carbonyl (C=O) groups excluding carboxylic acids is 1. The van der Waals surface area contributed by atoms with E-state index in [-0.39, 0.29) is 11.8 Å². The Hall–Kier alpha value is -1.75. The summed E-state index contributed by atoms with van der Waals surface area (Å²) in [5.74, 6) is 0.143. The molecule has 2 fully saturated rings. The third-order valence-corrected chi connectivity index (χ3v) is 3.52. The molecule has 1 N–H and O–H groups in total. The van der Waals surface area contributed by atoms with E-state index in [1.165, 1.54) is 0 Å². The highest BCUT2D eigenvalue weighted by atomic mass is 16.6. The lowest BCUT2D eigenvalue weighted by atomic mass is 9.97. The summed E-state index contributed by atoms with van der Waals surface area (Å²) < 4.78 is 10.8. The molecule has 0 bridgehead atoms. The van der Waals surface area contributed by atoms with Gasteiger partial charge >= 0.3 is 6.09 Å². The van der Waals surface area contributed by atoms with Gasteiger partial charge in [0.05, 0.1) is 18.9 Å². The van der Waals surface area contributed by atoms with Gasteiger partial charge < -0.3 is 14.6 Å². The topological polar surface area (TPSA) is 59.0 Å². The third kappa shape index (κ3) is 1.90. The molecule has 0 radical (unpaired) electrons. The molecule has 18 heavy (non-hydrogen) atoms. The molecule has 1 amide bonds. The zero-order valence-corrected chi connectivity index (χ0v) is 9.96. The average molecular weight is 249 g/mol. The molecule has 5 heteroatoms. The second-order valence-corrected chi connectivity index (χ2v) is 4.78. The minimum Gasteiger partial charge on any atom is -0.508 e. The SMILES string of the molecule is O=C1OC2(CCOC2)CCN1c1cccc(O)c1. The predicted molar refractivity (Wildman–Crippen MR) is 64.7 cm³/mol. The van der Waals surface area contributed by atoms with Crippen molar-refractivity contribution in [2.24, 2.45) is 0 Å². The fourth-order valence-corrected chi connectivity index (χ4v) is 2.46. The largest absolute Gasteiger partial charge is 0.508 e. The van der Waals surface area contributed by atoms with E-state index in [2.05, 4.69) is 0 Å². The van der Waals surface area contributed by atoms with Crippen LogP contribution in [0.2, 0.25) is 0 Å². The lowest BCUT2D eigenvalue weighted by Gasteiger charge is -2.37. The second-order valence-electron chi connectivity index (χ2n) is 4.78. The first-order chi connectivity index (χ1) is 8.69. The Balaban J connectivity index is 1.78. The Bertz CT molecular complexity index is 468. The van der Waals surface area contributed by atoms with E-state index in [1.807, 2.05) is 0 Å². The molecular formula is C13H15NO4. The number of aromatic hydroxyl groups is 1. The number of amides is 1. The number of benzene rings is 1. The molecule has 0 saturated carbocycles. The number of hydrogen-bond acceptors (Lipinski definition) is 4. The van der Waals surface area contributed by atoms with E-state index < -0.39 is 5.60 Å². The number of nitrogens with zero attached hydrogens (tertiary/aromatic N) is 1. The number of anilines is 1. The number of ether oxygens (including phenoxy) is 2. The van der Waals surface area contributed by atoms with Crippen LogP contribution in [0.25, 0.3) is 0 Å². The van der Waals surface area contributed by atoms with E-state index in [4.69, 9.17) is 9.47 Å². The third-order valence-electron chi connectivity index (χ3n) is 3.52. The van der Waals surface area contributed by atoms with Crippen LogP contribution in [-0.4, -0.2) is 36.6 Å². The Labute approximate surface area is 105 Å². The molecule has 2 heterocycles. The lowest BCUT2D eigenvalue weighted by Crippen LogP contribution is -2.50. The van der Waals surface area contributed by atoms with Crippen LogP contribution in [0, 0.1) is 0 Å². The Morgan fingerprint density at radius 2 is 2.22 bits per heavy atom. The second kappa shape index (κ2) is 4.17. The van der Waals surface area contributed by atoms with Gasteiger partial charge in [-0.2, -0.15) is 0 Å². The molecule has 1 atom stereocenters. The van der Waals surface area contributed by atoms with Gasteiger partial charge in [0.2, 0.25) is 0 Å². The highest BCUT2D eigenvalue weighted by molar-refractivity contribution is 5.88. The van der Waals surface area contributed by atoms with Crippen molar-refractivity contribution in [2.75, 3.05) is 24.7 Å². The van der Waals surface area contributed by atoms with E-state index in [9.17, 15) is 9.90 Å². The molecular weight excluding hydrogens is 234 g/mol. The maximum Gasteiger partial charge on any atom is 0.414 e. The first kappa shape index (κ1) is 11.3. The quantitative estimate of drug-likeness (QED) is 0.825. The summed E-state index contributed by atoms with van der Waals surface area (Å²) in [6, 6.07) is 6.63. The van der Waals surface area contributed by atoms with Gasteiger partial charge in [-0.15, -0.1) is 0 Å². The molecule has 1 unspecified atom stereocenters. The van der Waals surface area contributed by atoms with Gasteiger partial charge in [-0.1, -0.05) is 6.07 Å². The number of rotatable bonds is 1. The van der Waals surface area contributed by atoms with Gasteiger partial charge in [0.15, 0.2) is 0 Å². The van der Waals surface area contributed by atoms with Crippen molar-refractivity contribution in [3.63, 3.8) is 0 Å². The van der Waals surface area contributed by atoms with Crippen LogP contribution in [0.15, 0.2) is 24.3 Å². The van der Waals surface area contributed by atoms with Crippen LogP contribution in [0.5, 0.6) is 5.75 Å². The molecule has 2 saturated heterocycles. The normalized spacial score (nSPS) is 27.6. The van der Waals surface area contributed by atoms with Gasteiger partial charge in [0, 0.05) is 25.5 Å². The van der Waals surface area contributed by atoms with Crippen molar-refractivity contribution in [2.45, 2.75) is 18.4 Å². The smallest absolute Gasteiger partial charge is 0.414 e. The van der Waals surface area contributed by atoms with Crippen molar-refractivity contribution < 1.29 is 19.4 Å². The molecule has 0 aromatic heterocycles. The van der Waals surface area contributed by atoms with Gasteiger partial charge in [0.25, 0.3) is 0 Å². The molecule has 3 rings (SSSR count). The lowest BCUT2D eigenvalue weighted by molar-refractivity contribution is -0.0111. The zero-order valence-electron chi connectivity index (χ0n) is 9.96. The molecule has 1 spiro atoms. The minimum atomic E-state index is -0.426. The van der Waals surface area contributed by atoms with Crippen molar-refractivity contribution in [3.8, 4) is 5.75 Å². The number of hydrogen-bond donors (Lipinski definition) is 1. The van der Waals surface area contributed by atoms with Crippen LogP contribution < -0.4 is 4.90 Å². The Kier molecular flexibility index (Phi) is 2.63. The van der Waals surface area contributed by atoms with E-state index in [0.29, 0.717) is 25.4 Å². The molecule has 2 aliphatic heterocycles. The van der Waals surface area contributed by atoms with E-state index in [0.717, 1.165) is 12.8 Å². The van der Waals surface area contributed by atoms with E-state index in [1.54, 1.807) is 29.2 Å². The van der Waals surface area contributed by atoms with E-state index >= 15 is 0 Å². The fraction of sp³-hybridized carbons (Fsp3) is 0.462. The van der Waals surface area contributed by atoms with Crippen LogP contribution >= 0.6 is 0 Å². The molecule has 0 aliphatic carbocycles. The summed E-state index contributed by atoms with van der Waals surface area (Å²) in [5, 5.41) is 9.44. The minimum absolute atomic E-state index is 0.143. The standard InChI is InChI=1S/C13H15NO4/c15-11-3-1-2-10(8-11)14-6-4-13(18-12(14)16)5-7-17-9-13/h1-3,8,15H,4-7,9H2. The summed E-state index contributed by atoms with van der Waals surface area (Å²) in [6.45, 7) is 1.73. The average Bonchev–Trinajstić information content (AvgIpc) is 2.77. The van der Waals surface area contributed by atoms with Crippen LogP contribution in [0.1, 0.15) is 12.8 Å². The van der Waals surface area contributed by atoms with Gasteiger partial charge in [-0.05, 0) is 12.1 Å². The number of carbonyl (C=O) groups is 1. The van der Waals surface area contributed by atoms with Crippen LogP contribution in [0.3, 0.4) is 0 Å². The Morgan fingerprint density at radius 3 is 2.89 bits per heavy atom. The summed E-state index contributed by atoms with van der Waals surface area (Å²) in [7, 11) is 0. The monoisotopic (exact) mass is 249 g/mol. The number of phenolic OH excluding ortho intramolecular Hbond substituents is 1. The van der Waals surface area contributed by atoms with Gasteiger partial charge in [-0.25, -0.2) is 4.79 Å². The van der Waals surface area contributed by atoms with Crippen molar-refractivity contribution in [3.05, 3.63) is 24.3 Å². The van der Waals surface area contributed by atoms with Crippen molar-refractivity contribution in [1.29, 1.82) is 0 Å². The summed E-state index contributed by atoms with van der Waals surface area (Å²) in [5.41, 5.74) is 0.235. The van der Waals surface area contributed by atoms with Gasteiger partial charge in [0.1, 0.15) is 11.4 Å². The predicted octanol–water partition coefficient (Wildman–Crippen LogP) is 1.90. The molecule has 96 valence electrons. The maximum absolute atomic E-state index is 12.0. The summed E-state index contributed by atoms with van der Waals surface area (Å²) >= 11 is 0. The first-order valence-electron chi connectivity index (χ1n) is 6.06. The summed E-state index contributed by atoms with van der Waals surface area (Å²) in [6.07, 6.45) is 1.17. The fourth-order valence-electron chi connectivity index (χ4n) is 2.46. The molecule has 1 aromatic carbocycles. The Morgan fingerprint density at radius 1 is 1.33 bits per heavy atom. The van der Waals surface area contributed by atoms with Crippen molar-refractivity contribution in [1.82, 2.24) is 0 Å². The maximum atomic E-state index is 12.0. The molecule has 2 aliphatic rings. The van der Waals surface area contributed by atoms with Crippen LogP contribution in [-0.2, 0) is 9.47 Å². The summed E-state index contributed by atoms with van der Waals surface area (Å²) in [4.78, 5) is 13.6. The number of phenols is 1. The van der Waals surface area contributed by atoms with Crippen molar-refractivity contribution >= 4 is 11.8 Å². The highest BCUT2D eigenvalue weighted by Gasteiger charge is 2.44. The zero-order chi connectivity index (χ0) is 12.6. The molecule has 1 aromatic rings. The highest BCUT2D eigenvalue weighted by Crippen LogP contribution is 2.34. The van der Waals surface area contributed by atoms with Gasteiger partial charge in [-0.3, -0.25) is 4.90 Å². The molecule has 5 nitrogen and oxygen atoms in total. The first-order valence-corrected chi connectivity index (χ1v) is 6.06.